The third-order valence-electron chi connectivity index (χ3n) is 3.83. The summed E-state index contributed by atoms with van der Waals surface area (Å²) in [5.41, 5.74) is 0.451. The lowest BCUT2D eigenvalue weighted by Crippen LogP contribution is -2.43. The number of rotatable bonds is 7. The molecule has 20 heavy (non-hydrogen) atoms. The zero-order valence-electron chi connectivity index (χ0n) is 12.3. The second-order valence-corrected chi connectivity index (χ2v) is 7.26. The molecule has 0 saturated carbocycles. The van der Waals surface area contributed by atoms with Gasteiger partial charge in [-0.2, -0.15) is 5.26 Å². The fourth-order valence-electron chi connectivity index (χ4n) is 1.84. The normalized spacial score (nSPS) is 12.1. The molecule has 1 N–H and O–H groups in total. The number of benzene rings is 1. The minimum Gasteiger partial charge on any atom is -0.311 e. The first-order chi connectivity index (χ1) is 9.37. The van der Waals surface area contributed by atoms with E-state index in [2.05, 4.69) is 26.1 Å². The zero-order chi connectivity index (χ0) is 15.2. The van der Waals surface area contributed by atoms with Crippen molar-refractivity contribution >= 4 is 9.84 Å². The van der Waals surface area contributed by atoms with E-state index >= 15 is 0 Å². The molecule has 0 saturated heterocycles. The Morgan fingerprint density at radius 3 is 2.20 bits per heavy atom. The Bertz CT molecular complexity index is 567. The monoisotopic (exact) mass is 294 g/mol. The predicted octanol–water partition coefficient (Wildman–Crippen LogP) is 2.50. The molecule has 0 aliphatic heterocycles. The molecule has 0 fully saturated rings. The molecule has 4 nitrogen and oxygen atoms in total. The average Bonchev–Trinajstić information content (AvgIpc) is 2.47. The molecule has 0 spiro atoms. The lowest BCUT2D eigenvalue weighted by molar-refractivity contribution is 0.340. The van der Waals surface area contributed by atoms with Gasteiger partial charge in [0.1, 0.15) is 0 Å². The Morgan fingerprint density at radius 1 is 1.20 bits per heavy atom. The summed E-state index contributed by atoms with van der Waals surface area (Å²) in [5, 5.41) is 12.0. The van der Waals surface area contributed by atoms with E-state index in [0.717, 1.165) is 12.8 Å². The number of nitriles is 1. The second kappa shape index (κ2) is 6.87. The van der Waals surface area contributed by atoms with Crippen LogP contribution in [0, 0.1) is 11.3 Å². The zero-order valence-corrected chi connectivity index (χ0v) is 13.1. The van der Waals surface area contributed by atoms with Crippen LogP contribution in [0.4, 0.5) is 0 Å². The van der Waals surface area contributed by atoms with Crippen molar-refractivity contribution in [3.05, 3.63) is 29.8 Å². The van der Waals surface area contributed by atoms with E-state index in [0.29, 0.717) is 12.1 Å². The molecule has 0 heterocycles. The van der Waals surface area contributed by atoms with Crippen LogP contribution in [0.1, 0.15) is 39.2 Å². The number of hydrogen-bond acceptors (Lipinski definition) is 4. The van der Waals surface area contributed by atoms with Gasteiger partial charge in [-0.1, -0.05) is 13.8 Å². The second-order valence-electron chi connectivity index (χ2n) is 5.15. The van der Waals surface area contributed by atoms with Crippen LogP contribution < -0.4 is 5.32 Å². The summed E-state index contributed by atoms with van der Waals surface area (Å²) in [6, 6.07) is 8.02. The van der Waals surface area contributed by atoms with E-state index in [1.54, 1.807) is 0 Å². The molecule has 0 unspecified atom stereocenters. The fourth-order valence-corrected chi connectivity index (χ4v) is 3.00. The van der Waals surface area contributed by atoms with Crippen LogP contribution in [0.25, 0.3) is 0 Å². The van der Waals surface area contributed by atoms with E-state index in [9.17, 15) is 8.42 Å². The quantitative estimate of drug-likeness (QED) is 0.839. The Labute approximate surface area is 121 Å². The van der Waals surface area contributed by atoms with Gasteiger partial charge in [-0.3, -0.25) is 0 Å². The lowest BCUT2D eigenvalue weighted by atomic mass is 9.96. The third kappa shape index (κ3) is 4.32. The van der Waals surface area contributed by atoms with Gasteiger partial charge in [0.2, 0.25) is 0 Å². The van der Waals surface area contributed by atoms with E-state index in [1.165, 1.54) is 24.3 Å². The summed E-state index contributed by atoms with van der Waals surface area (Å²) in [6.45, 7) is 6.71. The van der Waals surface area contributed by atoms with Gasteiger partial charge in [-0.15, -0.1) is 0 Å². The Balaban J connectivity index is 2.68. The molecule has 0 radical (unpaired) electrons. The van der Waals surface area contributed by atoms with Gasteiger partial charge in [0.05, 0.1) is 22.3 Å². The maximum absolute atomic E-state index is 12.2. The highest BCUT2D eigenvalue weighted by molar-refractivity contribution is 7.91. The van der Waals surface area contributed by atoms with E-state index in [-0.39, 0.29) is 16.2 Å². The summed E-state index contributed by atoms with van der Waals surface area (Å²) in [7, 11) is -3.30. The van der Waals surface area contributed by atoms with Crippen LogP contribution in [-0.4, -0.2) is 26.3 Å². The standard InChI is InChI=1S/C15H22N2O2S/c1-4-15(3,5-2)17-10-11-20(18,19)14-8-6-13(12-16)7-9-14/h6-9,17H,4-5,10-11H2,1-3H3. The van der Waals surface area contributed by atoms with Gasteiger partial charge in [-0.25, -0.2) is 8.42 Å². The maximum atomic E-state index is 12.2. The van der Waals surface area contributed by atoms with Crippen LogP contribution in [0.5, 0.6) is 0 Å². The summed E-state index contributed by atoms with van der Waals surface area (Å²) in [4.78, 5) is 0.271. The highest BCUT2D eigenvalue weighted by Gasteiger charge is 2.20. The van der Waals surface area contributed by atoms with Crippen molar-refractivity contribution in [3.8, 4) is 6.07 Å². The largest absolute Gasteiger partial charge is 0.311 e. The summed E-state index contributed by atoms with van der Waals surface area (Å²) < 4.78 is 24.3. The van der Waals surface area contributed by atoms with Crippen LogP contribution >= 0.6 is 0 Å². The summed E-state index contributed by atoms with van der Waals surface area (Å²) in [6.07, 6.45) is 1.92. The summed E-state index contributed by atoms with van der Waals surface area (Å²) >= 11 is 0. The Kier molecular flexibility index (Phi) is 5.73. The number of nitrogens with zero attached hydrogens (tertiary/aromatic N) is 1. The van der Waals surface area contributed by atoms with Crippen molar-refractivity contribution in [2.24, 2.45) is 0 Å². The highest BCUT2D eigenvalue weighted by Crippen LogP contribution is 2.15. The molecule has 0 aromatic heterocycles. The van der Waals surface area contributed by atoms with Gasteiger partial charge in [-0.05, 0) is 44.0 Å². The predicted molar refractivity (Wildman–Crippen MR) is 80.2 cm³/mol. The van der Waals surface area contributed by atoms with Gasteiger partial charge in [0, 0.05) is 12.1 Å². The topological polar surface area (TPSA) is 70.0 Å². The number of sulfone groups is 1. The van der Waals surface area contributed by atoms with Crippen molar-refractivity contribution < 1.29 is 8.42 Å². The molecule has 5 heteroatoms. The molecule has 0 amide bonds. The lowest BCUT2D eigenvalue weighted by Gasteiger charge is -2.28. The SMILES string of the molecule is CCC(C)(CC)NCCS(=O)(=O)c1ccc(C#N)cc1. The van der Waals surface area contributed by atoms with Gasteiger partial charge in [0.15, 0.2) is 9.84 Å². The molecule has 0 aliphatic carbocycles. The molecular weight excluding hydrogens is 272 g/mol. The molecule has 1 aromatic rings. The minimum atomic E-state index is -3.30. The fraction of sp³-hybridized carbons (Fsp3) is 0.533. The minimum absolute atomic E-state index is 0.0137. The number of hydrogen-bond donors (Lipinski definition) is 1. The Morgan fingerprint density at radius 2 is 1.75 bits per heavy atom. The van der Waals surface area contributed by atoms with Crippen molar-refractivity contribution in [3.63, 3.8) is 0 Å². The van der Waals surface area contributed by atoms with Crippen molar-refractivity contribution in [2.75, 3.05) is 12.3 Å². The van der Waals surface area contributed by atoms with Crippen molar-refractivity contribution in [1.82, 2.24) is 5.32 Å². The van der Waals surface area contributed by atoms with Gasteiger partial charge >= 0.3 is 0 Å². The molecule has 1 aromatic carbocycles. The van der Waals surface area contributed by atoms with Crippen molar-refractivity contribution in [1.29, 1.82) is 5.26 Å². The molecular formula is C15H22N2O2S. The average molecular weight is 294 g/mol. The van der Waals surface area contributed by atoms with E-state index < -0.39 is 9.84 Å². The molecule has 0 bridgehead atoms. The van der Waals surface area contributed by atoms with Crippen LogP contribution in [0.15, 0.2) is 29.2 Å². The Hall–Kier alpha value is -1.38. The summed E-state index contributed by atoms with van der Waals surface area (Å²) in [5.74, 6) is 0.0640. The highest BCUT2D eigenvalue weighted by atomic mass is 32.2. The van der Waals surface area contributed by atoms with E-state index in [4.69, 9.17) is 5.26 Å². The molecule has 110 valence electrons. The van der Waals surface area contributed by atoms with Gasteiger partial charge < -0.3 is 5.32 Å². The molecule has 0 aliphatic rings. The van der Waals surface area contributed by atoms with Crippen LogP contribution in [-0.2, 0) is 9.84 Å². The first kappa shape index (κ1) is 16.7. The van der Waals surface area contributed by atoms with Gasteiger partial charge in [0.25, 0.3) is 0 Å². The molecule has 0 atom stereocenters. The smallest absolute Gasteiger partial charge is 0.179 e. The van der Waals surface area contributed by atoms with Crippen LogP contribution in [0.3, 0.4) is 0 Å². The van der Waals surface area contributed by atoms with Crippen molar-refractivity contribution in [2.45, 2.75) is 44.0 Å². The van der Waals surface area contributed by atoms with E-state index in [1.807, 2.05) is 6.07 Å². The molecule has 1 rings (SSSR count). The maximum Gasteiger partial charge on any atom is 0.179 e. The number of nitrogens with one attached hydrogen (secondary N) is 1. The first-order valence-electron chi connectivity index (χ1n) is 6.85. The first-order valence-corrected chi connectivity index (χ1v) is 8.50. The third-order valence-corrected chi connectivity index (χ3v) is 5.56. The van der Waals surface area contributed by atoms with Crippen LogP contribution in [0.2, 0.25) is 0 Å².